The molecule has 5 heteroatoms. The Kier molecular flexibility index (Phi) is 7.97. The predicted octanol–water partition coefficient (Wildman–Crippen LogP) is 4.70. The quantitative estimate of drug-likeness (QED) is 0.774. The SMILES string of the molecule is CCCCC[C@H](N)c1cc(Cl)cc(Cl)c1O.Cl. The van der Waals surface area contributed by atoms with E-state index in [9.17, 15) is 5.11 Å². The fourth-order valence-corrected chi connectivity index (χ4v) is 2.15. The molecule has 0 bridgehead atoms. The molecule has 0 amide bonds. The Labute approximate surface area is 119 Å². The molecule has 17 heavy (non-hydrogen) atoms. The van der Waals surface area contributed by atoms with E-state index >= 15 is 0 Å². The van der Waals surface area contributed by atoms with Crippen molar-refractivity contribution in [3.8, 4) is 5.75 Å². The van der Waals surface area contributed by atoms with E-state index in [1.165, 1.54) is 6.07 Å². The van der Waals surface area contributed by atoms with Gasteiger partial charge in [0.2, 0.25) is 0 Å². The fourth-order valence-electron chi connectivity index (χ4n) is 1.64. The molecule has 1 aromatic rings. The highest BCUT2D eigenvalue weighted by Gasteiger charge is 2.14. The summed E-state index contributed by atoms with van der Waals surface area (Å²) in [4.78, 5) is 0. The van der Waals surface area contributed by atoms with Crippen molar-refractivity contribution in [2.24, 2.45) is 5.73 Å². The van der Waals surface area contributed by atoms with Gasteiger partial charge in [-0.25, -0.2) is 0 Å². The highest BCUT2D eigenvalue weighted by atomic mass is 35.5. The molecule has 0 spiro atoms. The Morgan fingerprint density at radius 2 is 1.94 bits per heavy atom. The maximum Gasteiger partial charge on any atom is 0.139 e. The van der Waals surface area contributed by atoms with Crippen molar-refractivity contribution in [3.05, 3.63) is 27.7 Å². The number of hydrogen-bond donors (Lipinski definition) is 2. The second-order valence-electron chi connectivity index (χ2n) is 3.93. The Morgan fingerprint density at radius 3 is 2.53 bits per heavy atom. The van der Waals surface area contributed by atoms with Gasteiger partial charge in [0.1, 0.15) is 5.75 Å². The number of phenolic OH excluding ortho intramolecular Hbond substituents is 1. The average molecular weight is 299 g/mol. The van der Waals surface area contributed by atoms with Crippen LogP contribution in [-0.2, 0) is 0 Å². The minimum absolute atomic E-state index is 0. The van der Waals surface area contributed by atoms with Crippen LogP contribution in [-0.4, -0.2) is 5.11 Å². The fraction of sp³-hybridized carbons (Fsp3) is 0.500. The molecule has 2 nitrogen and oxygen atoms in total. The summed E-state index contributed by atoms with van der Waals surface area (Å²) >= 11 is 11.7. The number of aromatic hydroxyl groups is 1. The van der Waals surface area contributed by atoms with Crippen molar-refractivity contribution in [2.45, 2.75) is 38.6 Å². The van der Waals surface area contributed by atoms with Gasteiger partial charge in [-0.2, -0.15) is 0 Å². The van der Waals surface area contributed by atoms with Crippen LogP contribution in [0.15, 0.2) is 12.1 Å². The molecule has 0 aliphatic rings. The van der Waals surface area contributed by atoms with Crippen LogP contribution in [0.2, 0.25) is 10.0 Å². The first-order valence-corrected chi connectivity index (χ1v) is 6.25. The third-order valence-corrected chi connectivity index (χ3v) is 3.08. The van der Waals surface area contributed by atoms with Gasteiger partial charge in [-0.05, 0) is 18.6 Å². The van der Waals surface area contributed by atoms with Crippen LogP contribution in [0, 0.1) is 0 Å². The molecule has 0 radical (unpaired) electrons. The van der Waals surface area contributed by atoms with E-state index in [2.05, 4.69) is 6.92 Å². The molecule has 1 atom stereocenters. The van der Waals surface area contributed by atoms with E-state index in [0.717, 1.165) is 25.7 Å². The first-order valence-electron chi connectivity index (χ1n) is 5.49. The zero-order valence-corrected chi connectivity index (χ0v) is 12.1. The van der Waals surface area contributed by atoms with Crippen LogP contribution in [0.5, 0.6) is 5.75 Å². The van der Waals surface area contributed by atoms with Crippen molar-refractivity contribution in [2.75, 3.05) is 0 Å². The van der Waals surface area contributed by atoms with Crippen molar-refractivity contribution in [1.82, 2.24) is 0 Å². The zero-order valence-electron chi connectivity index (χ0n) is 9.75. The van der Waals surface area contributed by atoms with Crippen LogP contribution >= 0.6 is 35.6 Å². The molecule has 1 rings (SSSR count). The molecule has 0 aliphatic carbocycles. The summed E-state index contributed by atoms with van der Waals surface area (Å²) in [6, 6.07) is 2.99. The standard InChI is InChI=1S/C12H17Cl2NO.ClH/c1-2-3-4-5-11(15)9-6-8(13)7-10(14)12(9)16;/h6-7,11,16H,2-5,15H2,1H3;1H/t11-;/m0./s1. The van der Waals surface area contributed by atoms with Gasteiger partial charge in [0, 0.05) is 16.6 Å². The molecule has 98 valence electrons. The first kappa shape index (κ1) is 16.9. The minimum Gasteiger partial charge on any atom is -0.506 e. The summed E-state index contributed by atoms with van der Waals surface area (Å²) in [6.07, 6.45) is 4.16. The number of unbranched alkanes of at least 4 members (excludes halogenated alkanes) is 2. The summed E-state index contributed by atoms with van der Waals surface area (Å²) in [6.45, 7) is 2.14. The number of nitrogens with two attached hydrogens (primary N) is 1. The van der Waals surface area contributed by atoms with E-state index in [1.54, 1.807) is 6.07 Å². The van der Waals surface area contributed by atoms with Gasteiger partial charge in [0.15, 0.2) is 0 Å². The molecule has 0 aliphatic heterocycles. The molecule has 0 unspecified atom stereocenters. The summed E-state index contributed by atoms with van der Waals surface area (Å²) in [7, 11) is 0. The van der Waals surface area contributed by atoms with Crippen molar-refractivity contribution < 1.29 is 5.11 Å². The average Bonchev–Trinajstić information content (AvgIpc) is 2.23. The molecule has 0 saturated carbocycles. The molecular weight excluding hydrogens is 280 g/mol. The Morgan fingerprint density at radius 1 is 1.29 bits per heavy atom. The summed E-state index contributed by atoms with van der Waals surface area (Å²) in [5, 5.41) is 10.5. The van der Waals surface area contributed by atoms with Crippen LogP contribution in [0.4, 0.5) is 0 Å². The number of halogens is 3. The lowest BCUT2D eigenvalue weighted by Gasteiger charge is -2.14. The van der Waals surface area contributed by atoms with E-state index in [1.807, 2.05) is 0 Å². The first-order chi connectivity index (χ1) is 7.56. The number of hydrogen-bond acceptors (Lipinski definition) is 2. The second-order valence-corrected chi connectivity index (χ2v) is 4.77. The highest BCUT2D eigenvalue weighted by Crippen LogP contribution is 2.35. The third-order valence-electron chi connectivity index (χ3n) is 2.58. The van der Waals surface area contributed by atoms with Crippen LogP contribution in [0.25, 0.3) is 0 Å². The maximum absolute atomic E-state index is 9.78. The highest BCUT2D eigenvalue weighted by molar-refractivity contribution is 6.35. The Balaban J connectivity index is 0.00000256. The van der Waals surface area contributed by atoms with Gasteiger partial charge in [0.25, 0.3) is 0 Å². The van der Waals surface area contributed by atoms with Crippen LogP contribution < -0.4 is 5.73 Å². The van der Waals surface area contributed by atoms with Gasteiger partial charge in [-0.1, -0.05) is 49.4 Å². The lowest BCUT2D eigenvalue weighted by molar-refractivity contribution is 0.456. The van der Waals surface area contributed by atoms with Crippen LogP contribution in [0.1, 0.15) is 44.2 Å². The van der Waals surface area contributed by atoms with Gasteiger partial charge in [-0.15, -0.1) is 12.4 Å². The summed E-state index contributed by atoms with van der Waals surface area (Å²) in [5.41, 5.74) is 6.63. The smallest absolute Gasteiger partial charge is 0.139 e. The van der Waals surface area contributed by atoms with Gasteiger partial charge in [0.05, 0.1) is 5.02 Å². The minimum atomic E-state index is -0.206. The molecular formula is C12H18Cl3NO. The lowest BCUT2D eigenvalue weighted by atomic mass is 10.0. The molecule has 1 aromatic carbocycles. The largest absolute Gasteiger partial charge is 0.506 e. The predicted molar refractivity (Wildman–Crippen MR) is 76.4 cm³/mol. The van der Waals surface area contributed by atoms with Gasteiger partial charge < -0.3 is 10.8 Å². The van der Waals surface area contributed by atoms with E-state index in [4.69, 9.17) is 28.9 Å². The van der Waals surface area contributed by atoms with E-state index in [0.29, 0.717) is 10.6 Å². The number of rotatable bonds is 5. The molecule has 0 fully saturated rings. The normalized spacial score (nSPS) is 12.0. The lowest BCUT2D eigenvalue weighted by Crippen LogP contribution is -2.10. The molecule has 0 saturated heterocycles. The molecule has 0 heterocycles. The van der Waals surface area contributed by atoms with Crippen molar-refractivity contribution in [3.63, 3.8) is 0 Å². The van der Waals surface area contributed by atoms with Gasteiger partial charge >= 0.3 is 0 Å². The second kappa shape index (κ2) is 8.04. The van der Waals surface area contributed by atoms with Crippen LogP contribution in [0.3, 0.4) is 0 Å². The molecule has 0 aromatic heterocycles. The number of benzene rings is 1. The summed E-state index contributed by atoms with van der Waals surface area (Å²) in [5.74, 6) is 0.0510. The van der Waals surface area contributed by atoms with Crippen molar-refractivity contribution >= 4 is 35.6 Å². The Hall–Kier alpha value is -0.150. The summed E-state index contributed by atoms with van der Waals surface area (Å²) < 4.78 is 0. The maximum atomic E-state index is 9.78. The van der Waals surface area contributed by atoms with E-state index < -0.39 is 0 Å². The zero-order chi connectivity index (χ0) is 12.1. The third kappa shape index (κ3) is 4.92. The molecule has 3 N–H and O–H groups in total. The van der Waals surface area contributed by atoms with Crippen molar-refractivity contribution in [1.29, 1.82) is 0 Å². The topological polar surface area (TPSA) is 46.2 Å². The van der Waals surface area contributed by atoms with Gasteiger partial charge in [-0.3, -0.25) is 0 Å². The monoisotopic (exact) mass is 297 g/mol. The van der Waals surface area contributed by atoms with E-state index in [-0.39, 0.29) is 29.2 Å². The number of phenols is 1. The Bertz CT molecular complexity index is 358.